The van der Waals surface area contributed by atoms with Crippen LogP contribution in [0.25, 0.3) is 0 Å². The summed E-state index contributed by atoms with van der Waals surface area (Å²) in [5.74, 6) is 1.69. The molecule has 0 radical (unpaired) electrons. The highest BCUT2D eigenvalue weighted by Crippen LogP contribution is 2.40. The molecular formula is C16H18ClN3O2. The Morgan fingerprint density at radius 2 is 2.27 bits per heavy atom. The lowest BCUT2D eigenvalue weighted by Crippen LogP contribution is -2.35. The molecule has 0 saturated heterocycles. The Kier molecular flexibility index (Phi) is 4.34. The van der Waals surface area contributed by atoms with Gasteiger partial charge in [0.2, 0.25) is 0 Å². The molecule has 0 unspecified atom stereocenters. The lowest BCUT2D eigenvalue weighted by Gasteiger charge is -2.18. The van der Waals surface area contributed by atoms with Crippen LogP contribution in [0.5, 0.6) is 5.75 Å². The number of amides is 1. The van der Waals surface area contributed by atoms with Crippen molar-refractivity contribution in [1.82, 2.24) is 14.9 Å². The molecule has 2 aromatic rings. The van der Waals surface area contributed by atoms with Crippen molar-refractivity contribution in [1.29, 1.82) is 0 Å². The van der Waals surface area contributed by atoms with Gasteiger partial charge >= 0.3 is 0 Å². The van der Waals surface area contributed by atoms with E-state index in [0.717, 1.165) is 18.7 Å². The van der Waals surface area contributed by atoms with Gasteiger partial charge in [0.25, 0.3) is 5.91 Å². The van der Waals surface area contributed by atoms with Gasteiger partial charge in [-0.1, -0.05) is 23.7 Å². The number of rotatable bonds is 6. The molecule has 3 rings (SSSR count). The average molecular weight is 320 g/mol. The Hall–Kier alpha value is -2.01. The fraction of sp³-hybridized carbons (Fsp3) is 0.375. The minimum Gasteiger partial charge on any atom is -0.482 e. The molecule has 0 spiro atoms. The van der Waals surface area contributed by atoms with Gasteiger partial charge in [0, 0.05) is 19.4 Å². The topological polar surface area (TPSA) is 56.2 Å². The number of carbonyl (C=O) groups is 1. The van der Waals surface area contributed by atoms with E-state index >= 15 is 0 Å². The number of hydrogen-bond donors (Lipinski definition) is 1. The first-order valence-electron chi connectivity index (χ1n) is 7.29. The van der Waals surface area contributed by atoms with Gasteiger partial charge in [0.1, 0.15) is 11.6 Å². The van der Waals surface area contributed by atoms with E-state index in [0.29, 0.717) is 16.7 Å². The zero-order valence-electron chi connectivity index (χ0n) is 12.3. The fourth-order valence-corrected chi connectivity index (χ4v) is 2.61. The van der Waals surface area contributed by atoms with E-state index in [4.69, 9.17) is 16.3 Å². The SMILES string of the molecule is Cn1ccnc1[C@@H](NC(=O)COc1ccccc1Cl)C1CC1. The van der Waals surface area contributed by atoms with Crippen LogP contribution in [0, 0.1) is 5.92 Å². The van der Waals surface area contributed by atoms with Crippen molar-refractivity contribution in [2.24, 2.45) is 13.0 Å². The number of para-hydroxylation sites is 1. The molecule has 0 aliphatic heterocycles. The van der Waals surface area contributed by atoms with Gasteiger partial charge in [-0.3, -0.25) is 4.79 Å². The Balaban J connectivity index is 1.60. The third-order valence-electron chi connectivity index (χ3n) is 3.74. The molecule has 1 amide bonds. The summed E-state index contributed by atoms with van der Waals surface area (Å²) in [7, 11) is 1.93. The first-order valence-corrected chi connectivity index (χ1v) is 7.67. The first-order chi connectivity index (χ1) is 10.6. The van der Waals surface area contributed by atoms with E-state index in [1.807, 2.05) is 29.9 Å². The van der Waals surface area contributed by atoms with E-state index in [-0.39, 0.29) is 18.6 Å². The van der Waals surface area contributed by atoms with E-state index in [1.54, 1.807) is 18.3 Å². The zero-order valence-corrected chi connectivity index (χ0v) is 13.1. The first kappa shape index (κ1) is 14.9. The summed E-state index contributed by atoms with van der Waals surface area (Å²) in [5, 5.41) is 3.52. The van der Waals surface area contributed by atoms with Crippen molar-refractivity contribution >= 4 is 17.5 Å². The summed E-state index contributed by atoms with van der Waals surface area (Å²) < 4.78 is 7.42. The molecule has 1 heterocycles. The van der Waals surface area contributed by atoms with E-state index < -0.39 is 0 Å². The third kappa shape index (κ3) is 3.42. The van der Waals surface area contributed by atoms with Crippen LogP contribution in [-0.4, -0.2) is 22.1 Å². The second-order valence-corrected chi connectivity index (χ2v) is 5.91. The van der Waals surface area contributed by atoms with E-state index in [1.165, 1.54) is 0 Å². The van der Waals surface area contributed by atoms with Crippen molar-refractivity contribution in [3.05, 3.63) is 47.5 Å². The largest absolute Gasteiger partial charge is 0.482 e. The maximum Gasteiger partial charge on any atom is 0.258 e. The molecule has 1 aliphatic carbocycles. The van der Waals surface area contributed by atoms with Crippen LogP contribution < -0.4 is 10.1 Å². The minimum absolute atomic E-state index is 0.0534. The van der Waals surface area contributed by atoms with Gasteiger partial charge in [-0.25, -0.2) is 4.98 Å². The maximum absolute atomic E-state index is 12.2. The van der Waals surface area contributed by atoms with Crippen LogP contribution in [0.1, 0.15) is 24.7 Å². The zero-order chi connectivity index (χ0) is 15.5. The summed E-state index contributed by atoms with van der Waals surface area (Å²) in [6.45, 7) is -0.0582. The molecule has 6 heteroatoms. The van der Waals surface area contributed by atoms with Gasteiger partial charge in [0.15, 0.2) is 6.61 Å². The summed E-state index contributed by atoms with van der Waals surface area (Å²) in [4.78, 5) is 16.5. The summed E-state index contributed by atoms with van der Waals surface area (Å²) in [6.07, 6.45) is 5.86. The Bertz CT molecular complexity index is 667. The van der Waals surface area contributed by atoms with Gasteiger partial charge in [-0.05, 0) is 30.9 Å². The van der Waals surface area contributed by atoms with Crippen molar-refractivity contribution < 1.29 is 9.53 Å². The second kappa shape index (κ2) is 6.40. The van der Waals surface area contributed by atoms with Crippen molar-refractivity contribution in [2.45, 2.75) is 18.9 Å². The highest BCUT2D eigenvalue weighted by molar-refractivity contribution is 6.32. The molecule has 1 aromatic heterocycles. The van der Waals surface area contributed by atoms with E-state index in [9.17, 15) is 4.79 Å². The molecule has 1 saturated carbocycles. The van der Waals surface area contributed by atoms with Crippen LogP contribution in [0.2, 0.25) is 5.02 Å². The number of halogens is 1. The highest BCUT2D eigenvalue weighted by Gasteiger charge is 2.35. The Labute approximate surface area is 134 Å². The number of aryl methyl sites for hydroxylation is 1. The fourth-order valence-electron chi connectivity index (χ4n) is 2.42. The molecule has 0 bridgehead atoms. The molecule has 1 fully saturated rings. The molecule has 1 atom stereocenters. The predicted octanol–water partition coefficient (Wildman–Crippen LogP) is 2.72. The van der Waals surface area contributed by atoms with Gasteiger partial charge in [-0.15, -0.1) is 0 Å². The molecule has 1 N–H and O–H groups in total. The number of nitrogens with one attached hydrogen (secondary N) is 1. The molecule has 5 nitrogen and oxygen atoms in total. The van der Waals surface area contributed by atoms with E-state index in [2.05, 4.69) is 10.3 Å². The number of aromatic nitrogens is 2. The molecule has 116 valence electrons. The quantitative estimate of drug-likeness (QED) is 0.890. The monoisotopic (exact) mass is 319 g/mol. The van der Waals surface area contributed by atoms with Crippen LogP contribution in [0.4, 0.5) is 0 Å². The Morgan fingerprint density at radius 3 is 2.91 bits per heavy atom. The third-order valence-corrected chi connectivity index (χ3v) is 4.05. The molecule has 1 aliphatic rings. The molecular weight excluding hydrogens is 302 g/mol. The number of nitrogens with zero attached hydrogens (tertiary/aromatic N) is 2. The van der Waals surface area contributed by atoms with Crippen LogP contribution in [0.3, 0.4) is 0 Å². The summed E-state index contributed by atoms with van der Waals surface area (Å²) in [5.41, 5.74) is 0. The maximum atomic E-state index is 12.2. The number of hydrogen-bond acceptors (Lipinski definition) is 3. The van der Waals surface area contributed by atoms with Crippen molar-refractivity contribution in [3.63, 3.8) is 0 Å². The number of carbonyl (C=O) groups excluding carboxylic acids is 1. The Morgan fingerprint density at radius 1 is 1.50 bits per heavy atom. The van der Waals surface area contributed by atoms with Crippen LogP contribution >= 0.6 is 11.6 Å². The normalized spacial score (nSPS) is 15.4. The number of benzene rings is 1. The smallest absolute Gasteiger partial charge is 0.258 e. The van der Waals surface area contributed by atoms with Gasteiger partial charge in [-0.2, -0.15) is 0 Å². The molecule has 1 aromatic carbocycles. The lowest BCUT2D eigenvalue weighted by molar-refractivity contribution is -0.124. The van der Waals surface area contributed by atoms with Gasteiger partial charge in [0.05, 0.1) is 11.1 Å². The summed E-state index contributed by atoms with van der Waals surface area (Å²) in [6, 6.07) is 7.06. The average Bonchev–Trinajstić information content (AvgIpc) is 3.26. The number of ether oxygens (including phenoxy) is 1. The summed E-state index contributed by atoms with van der Waals surface area (Å²) >= 11 is 6.01. The number of imidazole rings is 1. The van der Waals surface area contributed by atoms with Crippen molar-refractivity contribution in [3.8, 4) is 5.75 Å². The second-order valence-electron chi connectivity index (χ2n) is 5.50. The lowest BCUT2D eigenvalue weighted by atomic mass is 10.1. The highest BCUT2D eigenvalue weighted by atomic mass is 35.5. The van der Waals surface area contributed by atoms with Crippen LogP contribution in [0.15, 0.2) is 36.7 Å². The standard InChI is InChI=1S/C16H18ClN3O2/c1-20-9-8-18-16(20)15(11-6-7-11)19-14(21)10-22-13-5-3-2-4-12(13)17/h2-5,8-9,11,15H,6-7,10H2,1H3,(H,19,21)/t15-/m0/s1. The minimum atomic E-state index is -0.167. The molecule has 22 heavy (non-hydrogen) atoms. The van der Waals surface area contributed by atoms with Crippen LogP contribution in [-0.2, 0) is 11.8 Å². The predicted molar refractivity (Wildman–Crippen MR) is 83.8 cm³/mol. The van der Waals surface area contributed by atoms with Crippen molar-refractivity contribution in [2.75, 3.05) is 6.61 Å². The van der Waals surface area contributed by atoms with Gasteiger partial charge < -0.3 is 14.6 Å².